The minimum Gasteiger partial charge on any atom is -0.422 e. The Morgan fingerprint density at radius 1 is 1.02 bits per heavy atom. The van der Waals surface area contributed by atoms with E-state index in [1.54, 1.807) is 10.9 Å². The number of para-hydroxylation sites is 1. The van der Waals surface area contributed by atoms with Gasteiger partial charge in [-0.15, -0.1) is 22.7 Å². The predicted octanol–water partition coefficient (Wildman–Crippen LogP) is 8.26. The average molecular weight is 598 g/mol. The van der Waals surface area contributed by atoms with Crippen molar-refractivity contribution in [1.29, 1.82) is 0 Å². The molecule has 0 spiro atoms. The van der Waals surface area contributed by atoms with Crippen LogP contribution in [-0.2, 0) is 0 Å². The summed E-state index contributed by atoms with van der Waals surface area (Å²) in [6.07, 6.45) is 5.86. The Kier molecular flexibility index (Phi) is 8.65. The minimum absolute atomic E-state index is 0.229. The van der Waals surface area contributed by atoms with Crippen LogP contribution in [0.3, 0.4) is 0 Å². The molecule has 2 aromatic carbocycles. The van der Waals surface area contributed by atoms with Crippen molar-refractivity contribution in [2.75, 3.05) is 25.5 Å². The van der Waals surface area contributed by atoms with Gasteiger partial charge in [-0.1, -0.05) is 50.1 Å². The second-order valence-corrected chi connectivity index (χ2v) is 13.2. The number of benzene rings is 2. The van der Waals surface area contributed by atoms with E-state index in [9.17, 15) is 9.59 Å². The second-order valence-electron chi connectivity index (χ2n) is 11.4. The lowest BCUT2D eigenvalue weighted by Gasteiger charge is -2.35. The standard InChI is InChI=1S/C34H35N3O3S2/c1-22-8-10-23(11-9-22)29-19-37(2)17-16-27(29)28-18-31(42-32(28)34(39)40-26-6-4-3-5-7-26)24-12-14-25(15-13-24)36-33(38)30-20-41-21-35-30/h3-7,12-15,18,20-23H,8-11,16-17,19H2,1-2H3,(H,36,38). The van der Waals surface area contributed by atoms with Crippen molar-refractivity contribution in [2.24, 2.45) is 11.8 Å². The number of hydrogen-bond donors (Lipinski definition) is 1. The van der Waals surface area contributed by atoms with Crippen LogP contribution in [0.1, 0.15) is 64.8 Å². The Morgan fingerprint density at radius 2 is 1.79 bits per heavy atom. The van der Waals surface area contributed by atoms with E-state index in [-0.39, 0.29) is 11.9 Å². The predicted molar refractivity (Wildman–Crippen MR) is 171 cm³/mol. The number of carbonyl (C=O) groups excluding carboxylic acids is 2. The van der Waals surface area contributed by atoms with Gasteiger partial charge in [-0.05, 0) is 85.2 Å². The molecule has 3 heterocycles. The molecule has 1 N–H and O–H groups in total. The molecule has 216 valence electrons. The van der Waals surface area contributed by atoms with Crippen molar-refractivity contribution >= 4 is 45.8 Å². The van der Waals surface area contributed by atoms with Crippen LogP contribution in [0, 0.1) is 11.8 Å². The Labute approximate surface area is 255 Å². The number of hydrogen-bond acceptors (Lipinski definition) is 7. The SMILES string of the molecule is CC1CCC(C2=C(c3cc(-c4ccc(NC(=O)c5cscn5)cc4)sc3C(=O)Oc3ccccc3)CCN(C)C2)CC1. The number of esters is 1. The van der Waals surface area contributed by atoms with E-state index in [0.29, 0.717) is 27.9 Å². The van der Waals surface area contributed by atoms with E-state index in [4.69, 9.17) is 4.74 Å². The first-order chi connectivity index (χ1) is 20.4. The summed E-state index contributed by atoms with van der Waals surface area (Å²) in [5.41, 5.74) is 7.57. The van der Waals surface area contributed by atoms with Crippen LogP contribution < -0.4 is 10.1 Å². The van der Waals surface area contributed by atoms with E-state index in [1.807, 2.05) is 54.6 Å². The molecule has 0 radical (unpaired) electrons. The smallest absolute Gasteiger partial charge is 0.354 e. The van der Waals surface area contributed by atoms with E-state index in [2.05, 4.69) is 35.2 Å². The molecular weight excluding hydrogens is 563 g/mol. The highest BCUT2D eigenvalue weighted by Crippen LogP contribution is 2.43. The number of rotatable bonds is 7. The number of carbonyl (C=O) groups is 2. The molecule has 0 bridgehead atoms. The molecule has 0 saturated heterocycles. The van der Waals surface area contributed by atoms with Crippen LogP contribution in [0.25, 0.3) is 16.0 Å². The van der Waals surface area contributed by atoms with Gasteiger partial charge in [0.15, 0.2) is 0 Å². The Balaban J connectivity index is 1.35. The van der Waals surface area contributed by atoms with Crippen molar-refractivity contribution in [3.05, 3.63) is 93.3 Å². The number of thiazole rings is 1. The minimum atomic E-state index is -0.317. The summed E-state index contributed by atoms with van der Waals surface area (Å²) in [7, 11) is 2.20. The summed E-state index contributed by atoms with van der Waals surface area (Å²) in [6.45, 7) is 4.27. The maximum atomic E-state index is 13.7. The van der Waals surface area contributed by atoms with Gasteiger partial charge in [0.25, 0.3) is 5.91 Å². The molecule has 2 aliphatic rings. The Morgan fingerprint density at radius 3 is 2.50 bits per heavy atom. The van der Waals surface area contributed by atoms with Gasteiger partial charge >= 0.3 is 5.97 Å². The largest absolute Gasteiger partial charge is 0.422 e. The topological polar surface area (TPSA) is 71.5 Å². The van der Waals surface area contributed by atoms with Gasteiger partial charge in [0.05, 0.1) is 5.51 Å². The lowest BCUT2D eigenvalue weighted by Crippen LogP contribution is -2.31. The van der Waals surface area contributed by atoms with Crippen LogP contribution in [0.4, 0.5) is 5.69 Å². The molecule has 1 saturated carbocycles. The summed E-state index contributed by atoms with van der Waals surface area (Å²) in [4.78, 5) is 34.3. The first-order valence-corrected chi connectivity index (χ1v) is 16.3. The van der Waals surface area contributed by atoms with E-state index in [0.717, 1.165) is 41.4 Å². The molecular formula is C34H35N3O3S2. The van der Waals surface area contributed by atoms with E-state index >= 15 is 0 Å². The molecule has 0 unspecified atom stereocenters. The zero-order chi connectivity index (χ0) is 29.1. The van der Waals surface area contributed by atoms with Crippen LogP contribution in [0.5, 0.6) is 5.75 Å². The lowest BCUT2D eigenvalue weighted by molar-refractivity contribution is 0.0739. The zero-order valence-corrected chi connectivity index (χ0v) is 25.6. The number of amides is 1. The maximum absolute atomic E-state index is 13.7. The van der Waals surface area contributed by atoms with Crippen molar-refractivity contribution in [3.63, 3.8) is 0 Å². The Bertz CT molecular complexity index is 1570. The first kappa shape index (κ1) is 28.5. The average Bonchev–Trinajstić information content (AvgIpc) is 3.70. The lowest BCUT2D eigenvalue weighted by atomic mass is 9.75. The number of likely N-dealkylation sites (N-methyl/N-ethyl adjacent to an activating group) is 1. The molecule has 1 amide bonds. The van der Waals surface area contributed by atoms with Crippen molar-refractivity contribution < 1.29 is 14.3 Å². The van der Waals surface area contributed by atoms with Crippen LogP contribution in [0.15, 0.2) is 77.1 Å². The van der Waals surface area contributed by atoms with Gasteiger partial charge in [-0.3, -0.25) is 4.79 Å². The fraction of sp³-hybridized carbons (Fsp3) is 0.324. The van der Waals surface area contributed by atoms with Crippen LogP contribution in [0.2, 0.25) is 0 Å². The van der Waals surface area contributed by atoms with Crippen LogP contribution >= 0.6 is 22.7 Å². The number of nitrogens with zero attached hydrogens (tertiary/aromatic N) is 2. The van der Waals surface area contributed by atoms with E-state index < -0.39 is 0 Å². The molecule has 4 aromatic rings. The fourth-order valence-corrected chi connectivity index (χ4v) is 7.61. The summed E-state index contributed by atoms with van der Waals surface area (Å²) in [5.74, 6) is 1.34. The van der Waals surface area contributed by atoms with Crippen molar-refractivity contribution in [1.82, 2.24) is 9.88 Å². The summed E-state index contributed by atoms with van der Waals surface area (Å²) in [6, 6.07) is 19.2. The quantitative estimate of drug-likeness (QED) is 0.172. The number of thiophene rings is 1. The number of aromatic nitrogens is 1. The van der Waals surface area contributed by atoms with Crippen LogP contribution in [-0.4, -0.2) is 41.9 Å². The molecule has 1 fully saturated rings. The van der Waals surface area contributed by atoms with E-state index in [1.165, 1.54) is 59.5 Å². The normalized spacial score (nSPS) is 19.5. The molecule has 8 heteroatoms. The molecule has 0 atom stereocenters. The molecule has 42 heavy (non-hydrogen) atoms. The number of anilines is 1. The monoisotopic (exact) mass is 597 g/mol. The van der Waals surface area contributed by atoms with Gasteiger partial charge < -0.3 is 15.0 Å². The first-order valence-electron chi connectivity index (χ1n) is 14.6. The van der Waals surface area contributed by atoms with Gasteiger partial charge in [0, 0.05) is 34.6 Å². The molecule has 6 rings (SSSR count). The zero-order valence-electron chi connectivity index (χ0n) is 24.0. The third kappa shape index (κ3) is 6.41. The number of nitrogens with one attached hydrogen (secondary N) is 1. The van der Waals surface area contributed by atoms with Gasteiger partial charge in [0.2, 0.25) is 0 Å². The summed E-state index contributed by atoms with van der Waals surface area (Å²) < 4.78 is 5.88. The van der Waals surface area contributed by atoms with Gasteiger partial charge in [-0.2, -0.15) is 0 Å². The number of ether oxygens (including phenoxy) is 1. The highest BCUT2D eigenvalue weighted by molar-refractivity contribution is 7.17. The third-order valence-corrected chi connectivity index (χ3v) is 10.1. The highest BCUT2D eigenvalue weighted by atomic mass is 32.1. The summed E-state index contributed by atoms with van der Waals surface area (Å²) in [5, 5.41) is 4.64. The molecule has 1 aliphatic heterocycles. The summed E-state index contributed by atoms with van der Waals surface area (Å²) >= 11 is 2.87. The maximum Gasteiger partial charge on any atom is 0.354 e. The Hall–Kier alpha value is -3.59. The van der Waals surface area contributed by atoms with Gasteiger partial charge in [-0.25, -0.2) is 9.78 Å². The van der Waals surface area contributed by atoms with Gasteiger partial charge in [0.1, 0.15) is 16.3 Å². The molecule has 2 aromatic heterocycles. The second kappa shape index (κ2) is 12.7. The molecule has 6 nitrogen and oxygen atoms in total. The third-order valence-electron chi connectivity index (χ3n) is 8.37. The highest BCUT2D eigenvalue weighted by Gasteiger charge is 2.31. The van der Waals surface area contributed by atoms with Crippen molar-refractivity contribution in [2.45, 2.75) is 39.0 Å². The fourth-order valence-electron chi connectivity index (χ4n) is 6.01. The van der Waals surface area contributed by atoms with Crippen molar-refractivity contribution in [3.8, 4) is 16.2 Å². The molecule has 1 aliphatic carbocycles.